The number of nitrogens with one attached hydrogen (secondary N) is 1. The van der Waals surface area contributed by atoms with Gasteiger partial charge in [-0.2, -0.15) is 0 Å². The predicted octanol–water partition coefficient (Wildman–Crippen LogP) is 4.01. The third-order valence-corrected chi connectivity index (χ3v) is 4.19. The zero-order valence-electron chi connectivity index (χ0n) is 10.8. The normalized spacial score (nSPS) is 18.1. The number of hydrogen-bond donors (Lipinski definition) is 1. The molecule has 0 radical (unpaired) electrons. The molecule has 1 heterocycles. The van der Waals surface area contributed by atoms with Gasteiger partial charge in [0.1, 0.15) is 0 Å². The van der Waals surface area contributed by atoms with E-state index in [9.17, 15) is 0 Å². The Hall–Kier alpha value is -1.19. The van der Waals surface area contributed by atoms with Crippen molar-refractivity contribution in [1.29, 1.82) is 0 Å². The van der Waals surface area contributed by atoms with E-state index in [1.54, 1.807) is 0 Å². The van der Waals surface area contributed by atoms with Gasteiger partial charge in [-0.15, -0.1) is 0 Å². The Kier molecular flexibility index (Phi) is 3.95. The number of fused-ring (bicyclic) bond motifs is 1. The largest absolute Gasteiger partial charge is 0.305 e. The second kappa shape index (κ2) is 5.85. The number of aromatic nitrogens is 1. The summed E-state index contributed by atoms with van der Waals surface area (Å²) < 4.78 is 1.13. The molecule has 1 aliphatic rings. The van der Waals surface area contributed by atoms with E-state index in [0.717, 1.165) is 11.0 Å². The molecule has 0 fully saturated rings. The molecule has 1 atom stereocenters. The van der Waals surface area contributed by atoms with Crippen LogP contribution in [0.15, 0.2) is 47.1 Å². The summed E-state index contributed by atoms with van der Waals surface area (Å²) in [7, 11) is 0. The topological polar surface area (TPSA) is 24.9 Å². The van der Waals surface area contributed by atoms with Crippen LogP contribution in [-0.4, -0.2) is 4.98 Å². The van der Waals surface area contributed by atoms with Crippen LogP contribution in [0, 0.1) is 0 Å². The lowest BCUT2D eigenvalue weighted by Crippen LogP contribution is -2.25. The van der Waals surface area contributed by atoms with Crippen LogP contribution in [0.25, 0.3) is 0 Å². The van der Waals surface area contributed by atoms with Crippen molar-refractivity contribution in [2.24, 2.45) is 0 Å². The second-order valence-corrected chi connectivity index (χ2v) is 5.92. The van der Waals surface area contributed by atoms with Gasteiger partial charge >= 0.3 is 0 Å². The van der Waals surface area contributed by atoms with Gasteiger partial charge in [0.05, 0.1) is 11.7 Å². The Morgan fingerprint density at radius 3 is 2.89 bits per heavy atom. The maximum Gasteiger partial charge on any atom is 0.0605 e. The van der Waals surface area contributed by atoms with E-state index in [-0.39, 0.29) is 0 Å². The monoisotopic (exact) mass is 316 g/mol. The van der Waals surface area contributed by atoms with Gasteiger partial charge in [0.15, 0.2) is 0 Å². The molecule has 2 aromatic rings. The Morgan fingerprint density at radius 2 is 2.05 bits per heavy atom. The molecular formula is C16H17BrN2. The summed E-state index contributed by atoms with van der Waals surface area (Å²) in [5, 5.41) is 3.64. The third-order valence-electron chi connectivity index (χ3n) is 3.66. The Morgan fingerprint density at radius 1 is 1.21 bits per heavy atom. The van der Waals surface area contributed by atoms with Gasteiger partial charge < -0.3 is 5.32 Å². The van der Waals surface area contributed by atoms with E-state index in [0.29, 0.717) is 6.04 Å². The van der Waals surface area contributed by atoms with Gasteiger partial charge in [-0.3, -0.25) is 4.98 Å². The number of halogens is 1. The number of aryl methyl sites for hydroxylation is 1. The summed E-state index contributed by atoms with van der Waals surface area (Å²) in [5.41, 5.74) is 3.96. The van der Waals surface area contributed by atoms with E-state index in [1.807, 2.05) is 12.3 Å². The van der Waals surface area contributed by atoms with Crippen LogP contribution in [0.1, 0.15) is 35.7 Å². The minimum absolute atomic E-state index is 0.397. The highest BCUT2D eigenvalue weighted by Crippen LogP contribution is 2.27. The molecule has 0 aliphatic heterocycles. The van der Waals surface area contributed by atoms with Crippen molar-refractivity contribution in [3.05, 3.63) is 63.9 Å². The first-order valence-corrected chi connectivity index (χ1v) is 7.54. The van der Waals surface area contributed by atoms with Crippen molar-refractivity contribution >= 4 is 15.9 Å². The first kappa shape index (κ1) is 12.8. The number of rotatable bonds is 3. The molecule has 98 valence electrons. The molecule has 0 amide bonds. The molecule has 3 rings (SSSR count). The highest BCUT2D eigenvalue weighted by atomic mass is 79.9. The van der Waals surface area contributed by atoms with Crippen LogP contribution in [0.3, 0.4) is 0 Å². The molecule has 3 heteroatoms. The van der Waals surface area contributed by atoms with Crippen LogP contribution in [0.4, 0.5) is 0 Å². The van der Waals surface area contributed by atoms with Crippen molar-refractivity contribution in [3.8, 4) is 0 Å². The molecule has 2 nitrogen and oxygen atoms in total. The minimum Gasteiger partial charge on any atom is -0.305 e. The van der Waals surface area contributed by atoms with E-state index >= 15 is 0 Å². The molecule has 1 aromatic heterocycles. The van der Waals surface area contributed by atoms with E-state index in [4.69, 9.17) is 0 Å². The van der Waals surface area contributed by atoms with E-state index in [1.165, 1.54) is 36.1 Å². The number of nitrogens with zero attached hydrogens (tertiary/aromatic N) is 1. The lowest BCUT2D eigenvalue weighted by atomic mass is 9.92. The Labute approximate surface area is 122 Å². The molecule has 19 heavy (non-hydrogen) atoms. The standard InChI is InChI=1S/C16H17BrN2/c17-14-8-6-12(7-9-14)11-19-15-5-1-3-13-4-2-10-18-16(13)15/h2,4,6-10,15,19H,1,3,5,11H2. The number of benzene rings is 1. The van der Waals surface area contributed by atoms with Crippen LogP contribution < -0.4 is 5.32 Å². The van der Waals surface area contributed by atoms with Crippen LogP contribution >= 0.6 is 15.9 Å². The maximum absolute atomic E-state index is 4.56. The van der Waals surface area contributed by atoms with Crippen LogP contribution in [0.2, 0.25) is 0 Å². The first-order valence-electron chi connectivity index (χ1n) is 6.74. The van der Waals surface area contributed by atoms with Gasteiger partial charge in [0, 0.05) is 17.2 Å². The zero-order valence-corrected chi connectivity index (χ0v) is 12.4. The summed E-state index contributed by atoms with van der Waals surface area (Å²) in [6, 6.07) is 13.1. The van der Waals surface area contributed by atoms with Gasteiger partial charge in [-0.25, -0.2) is 0 Å². The molecule has 0 spiro atoms. The van der Waals surface area contributed by atoms with Crippen LogP contribution in [-0.2, 0) is 13.0 Å². The number of hydrogen-bond acceptors (Lipinski definition) is 2. The van der Waals surface area contributed by atoms with Crippen molar-refractivity contribution in [2.45, 2.75) is 31.8 Å². The second-order valence-electron chi connectivity index (χ2n) is 5.00. The quantitative estimate of drug-likeness (QED) is 0.925. The lowest BCUT2D eigenvalue weighted by molar-refractivity contribution is 0.447. The number of pyridine rings is 1. The fourth-order valence-corrected chi connectivity index (χ4v) is 2.92. The minimum atomic E-state index is 0.397. The Balaban J connectivity index is 1.69. The van der Waals surface area contributed by atoms with Gasteiger partial charge in [-0.1, -0.05) is 34.1 Å². The van der Waals surface area contributed by atoms with E-state index < -0.39 is 0 Å². The summed E-state index contributed by atoms with van der Waals surface area (Å²) >= 11 is 3.46. The Bertz CT molecular complexity index is 551. The van der Waals surface area contributed by atoms with Crippen molar-refractivity contribution in [3.63, 3.8) is 0 Å². The SMILES string of the molecule is Brc1ccc(CNC2CCCc3cccnc32)cc1. The summed E-state index contributed by atoms with van der Waals surface area (Å²) in [4.78, 5) is 4.56. The molecular weight excluding hydrogens is 300 g/mol. The average Bonchev–Trinajstić information content (AvgIpc) is 2.47. The molecule has 0 bridgehead atoms. The van der Waals surface area contributed by atoms with Crippen molar-refractivity contribution < 1.29 is 0 Å². The van der Waals surface area contributed by atoms with Crippen molar-refractivity contribution in [1.82, 2.24) is 10.3 Å². The van der Waals surface area contributed by atoms with Gasteiger partial charge in [0.2, 0.25) is 0 Å². The lowest BCUT2D eigenvalue weighted by Gasteiger charge is -2.25. The highest BCUT2D eigenvalue weighted by Gasteiger charge is 2.20. The van der Waals surface area contributed by atoms with E-state index in [2.05, 4.69) is 56.6 Å². The van der Waals surface area contributed by atoms with Crippen LogP contribution in [0.5, 0.6) is 0 Å². The molecule has 1 unspecified atom stereocenters. The fourth-order valence-electron chi connectivity index (χ4n) is 2.65. The van der Waals surface area contributed by atoms with Gasteiger partial charge in [-0.05, 0) is 48.6 Å². The fraction of sp³-hybridized carbons (Fsp3) is 0.312. The molecule has 1 aromatic carbocycles. The summed E-state index contributed by atoms with van der Waals surface area (Å²) in [6.45, 7) is 0.897. The first-order chi connectivity index (χ1) is 9.33. The van der Waals surface area contributed by atoms with Crippen molar-refractivity contribution in [2.75, 3.05) is 0 Å². The predicted molar refractivity (Wildman–Crippen MR) is 80.9 cm³/mol. The van der Waals surface area contributed by atoms with Gasteiger partial charge in [0.25, 0.3) is 0 Å². The smallest absolute Gasteiger partial charge is 0.0605 e. The highest BCUT2D eigenvalue weighted by molar-refractivity contribution is 9.10. The maximum atomic E-state index is 4.56. The molecule has 0 saturated carbocycles. The summed E-state index contributed by atoms with van der Waals surface area (Å²) in [5.74, 6) is 0. The molecule has 1 N–H and O–H groups in total. The third kappa shape index (κ3) is 3.04. The average molecular weight is 317 g/mol. The zero-order chi connectivity index (χ0) is 13.1. The molecule has 0 saturated heterocycles. The summed E-state index contributed by atoms with van der Waals surface area (Å²) in [6.07, 6.45) is 5.50. The molecule has 1 aliphatic carbocycles.